The minimum atomic E-state index is 1.16. The first-order valence-corrected chi connectivity index (χ1v) is 8.23. The molecule has 0 unspecified atom stereocenters. The van der Waals surface area contributed by atoms with Gasteiger partial charge < -0.3 is 19.6 Å². The molecule has 0 spiro atoms. The Bertz CT molecular complexity index is 185. The van der Waals surface area contributed by atoms with Crippen molar-refractivity contribution in [2.45, 2.75) is 26.7 Å². The van der Waals surface area contributed by atoms with Gasteiger partial charge in [0.25, 0.3) is 0 Å². The second kappa shape index (κ2) is 12.6. The first-order valence-electron chi connectivity index (χ1n) is 8.23. The Labute approximate surface area is 127 Å². The van der Waals surface area contributed by atoms with Crippen molar-refractivity contribution in [2.75, 3.05) is 80.5 Å². The summed E-state index contributed by atoms with van der Waals surface area (Å²) < 4.78 is 0. The van der Waals surface area contributed by atoms with Crippen LogP contribution in [0.15, 0.2) is 0 Å². The molecule has 20 heavy (non-hydrogen) atoms. The molecule has 4 heteroatoms. The van der Waals surface area contributed by atoms with Crippen molar-refractivity contribution in [3.8, 4) is 0 Å². The molecular formula is C16H38N4. The quantitative estimate of drug-likeness (QED) is 0.509. The zero-order chi connectivity index (χ0) is 15.4. The highest BCUT2D eigenvalue weighted by molar-refractivity contribution is 4.65. The Morgan fingerprint density at radius 3 is 1.00 bits per heavy atom. The summed E-state index contributed by atoms with van der Waals surface area (Å²) in [6, 6.07) is 0. The molecule has 0 saturated heterocycles. The van der Waals surface area contributed by atoms with Gasteiger partial charge in [-0.05, 0) is 54.1 Å². The van der Waals surface area contributed by atoms with Gasteiger partial charge in [0.1, 0.15) is 0 Å². The summed E-state index contributed by atoms with van der Waals surface area (Å²) in [6.45, 7) is 14.1. The molecule has 0 aromatic rings. The van der Waals surface area contributed by atoms with Crippen LogP contribution in [-0.2, 0) is 0 Å². The maximum Gasteiger partial charge on any atom is 0.0110 e. The van der Waals surface area contributed by atoms with Gasteiger partial charge in [-0.3, -0.25) is 0 Å². The van der Waals surface area contributed by atoms with Gasteiger partial charge >= 0.3 is 0 Å². The van der Waals surface area contributed by atoms with Gasteiger partial charge in [0, 0.05) is 39.3 Å². The summed E-state index contributed by atoms with van der Waals surface area (Å²) in [7, 11) is 8.63. The van der Waals surface area contributed by atoms with Crippen molar-refractivity contribution in [3.05, 3.63) is 0 Å². The highest BCUT2D eigenvalue weighted by Crippen LogP contribution is 1.97. The van der Waals surface area contributed by atoms with Crippen LogP contribution in [0.25, 0.3) is 0 Å². The van der Waals surface area contributed by atoms with Gasteiger partial charge in [-0.1, -0.05) is 13.8 Å². The molecule has 4 nitrogen and oxygen atoms in total. The van der Waals surface area contributed by atoms with E-state index in [4.69, 9.17) is 0 Å². The third-order valence-electron chi connectivity index (χ3n) is 3.54. The average Bonchev–Trinajstić information content (AvgIpc) is 2.38. The van der Waals surface area contributed by atoms with Crippen molar-refractivity contribution in [1.29, 1.82) is 0 Å². The largest absolute Gasteiger partial charge is 0.308 e. The van der Waals surface area contributed by atoms with E-state index in [0.29, 0.717) is 0 Å². The maximum absolute atomic E-state index is 2.61. The second-order valence-electron chi connectivity index (χ2n) is 6.29. The van der Waals surface area contributed by atoms with E-state index in [0.717, 1.165) is 13.1 Å². The fraction of sp³-hybridized carbons (Fsp3) is 1.00. The maximum atomic E-state index is 2.61. The standard InChI is InChI=1S/C16H38N4/c1-7-9-19(13-11-17(3)4)15-16-20(10-8-2)14-12-18(5)6/h7-16H2,1-6H3. The highest BCUT2D eigenvalue weighted by atomic mass is 15.2. The molecule has 0 fully saturated rings. The second-order valence-corrected chi connectivity index (χ2v) is 6.29. The average molecular weight is 287 g/mol. The summed E-state index contributed by atoms with van der Waals surface area (Å²) >= 11 is 0. The summed E-state index contributed by atoms with van der Waals surface area (Å²) in [5.74, 6) is 0. The zero-order valence-corrected chi connectivity index (χ0v) is 14.9. The van der Waals surface area contributed by atoms with Gasteiger partial charge in [-0.25, -0.2) is 0 Å². The molecule has 0 aliphatic heterocycles. The topological polar surface area (TPSA) is 13.0 Å². The molecule has 0 aliphatic carbocycles. The number of rotatable bonds is 13. The molecule has 0 rings (SSSR count). The van der Waals surface area contributed by atoms with Gasteiger partial charge in [-0.15, -0.1) is 0 Å². The molecule has 0 aliphatic rings. The molecule has 0 N–H and O–H groups in total. The van der Waals surface area contributed by atoms with E-state index in [1.165, 1.54) is 52.1 Å². The van der Waals surface area contributed by atoms with Crippen molar-refractivity contribution >= 4 is 0 Å². The van der Waals surface area contributed by atoms with Crippen LogP contribution in [-0.4, -0.2) is 100 Å². The van der Waals surface area contributed by atoms with Crippen LogP contribution in [0.2, 0.25) is 0 Å². The first-order chi connectivity index (χ1) is 9.49. The summed E-state index contributed by atoms with van der Waals surface area (Å²) in [5.41, 5.74) is 0. The van der Waals surface area contributed by atoms with E-state index in [2.05, 4.69) is 61.6 Å². The van der Waals surface area contributed by atoms with E-state index in [9.17, 15) is 0 Å². The normalized spacial score (nSPS) is 12.3. The van der Waals surface area contributed by atoms with Crippen molar-refractivity contribution < 1.29 is 0 Å². The Morgan fingerprint density at radius 1 is 0.450 bits per heavy atom. The Morgan fingerprint density at radius 2 is 0.750 bits per heavy atom. The lowest BCUT2D eigenvalue weighted by Crippen LogP contribution is -2.41. The van der Waals surface area contributed by atoms with E-state index in [-0.39, 0.29) is 0 Å². The number of likely N-dealkylation sites (N-methyl/N-ethyl adjacent to an activating group) is 2. The number of nitrogens with zero attached hydrogens (tertiary/aromatic N) is 4. The minimum absolute atomic E-state index is 1.16. The summed E-state index contributed by atoms with van der Waals surface area (Å²) in [6.07, 6.45) is 2.50. The molecule has 0 atom stereocenters. The lowest BCUT2D eigenvalue weighted by atomic mass is 10.3. The lowest BCUT2D eigenvalue weighted by molar-refractivity contribution is 0.182. The van der Waals surface area contributed by atoms with Gasteiger partial charge in [0.15, 0.2) is 0 Å². The smallest absolute Gasteiger partial charge is 0.0110 e. The predicted octanol–water partition coefficient (Wildman–Crippen LogP) is 1.53. The van der Waals surface area contributed by atoms with E-state index in [1.807, 2.05) is 0 Å². The minimum Gasteiger partial charge on any atom is -0.308 e. The fourth-order valence-corrected chi connectivity index (χ4v) is 2.27. The number of hydrogen-bond acceptors (Lipinski definition) is 4. The Kier molecular flexibility index (Phi) is 12.5. The Balaban J connectivity index is 4.09. The van der Waals surface area contributed by atoms with Crippen molar-refractivity contribution in [1.82, 2.24) is 19.6 Å². The SMILES string of the molecule is CCCN(CCN(C)C)CCN(CCC)CCN(C)C. The van der Waals surface area contributed by atoms with Crippen molar-refractivity contribution in [3.63, 3.8) is 0 Å². The molecule has 0 aromatic heterocycles. The molecule has 0 heterocycles. The molecule has 0 amide bonds. The third kappa shape index (κ3) is 11.6. The van der Waals surface area contributed by atoms with Crippen molar-refractivity contribution in [2.24, 2.45) is 0 Å². The molecule has 0 bridgehead atoms. The molecule has 0 saturated carbocycles. The molecule has 0 radical (unpaired) electrons. The van der Waals surface area contributed by atoms with E-state index >= 15 is 0 Å². The summed E-state index contributed by atoms with van der Waals surface area (Å²) in [4.78, 5) is 9.77. The Hall–Kier alpha value is -0.160. The van der Waals surface area contributed by atoms with Crippen LogP contribution in [0.3, 0.4) is 0 Å². The monoisotopic (exact) mass is 286 g/mol. The first kappa shape index (κ1) is 19.8. The van der Waals surface area contributed by atoms with E-state index in [1.54, 1.807) is 0 Å². The lowest BCUT2D eigenvalue weighted by Gasteiger charge is -2.28. The van der Waals surface area contributed by atoms with E-state index < -0.39 is 0 Å². The van der Waals surface area contributed by atoms with Gasteiger partial charge in [-0.2, -0.15) is 0 Å². The van der Waals surface area contributed by atoms with Crippen LogP contribution in [0.4, 0.5) is 0 Å². The summed E-state index contributed by atoms with van der Waals surface area (Å²) in [5, 5.41) is 0. The number of hydrogen-bond donors (Lipinski definition) is 0. The van der Waals surface area contributed by atoms with Crippen LogP contribution in [0.5, 0.6) is 0 Å². The molecular weight excluding hydrogens is 248 g/mol. The van der Waals surface area contributed by atoms with Crippen LogP contribution >= 0.6 is 0 Å². The molecule has 122 valence electrons. The molecule has 0 aromatic carbocycles. The zero-order valence-electron chi connectivity index (χ0n) is 14.9. The highest BCUT2D eigenvalue weighted by Gasteiger charge is 2.09. The van der Waals surface area contributed by atoms with Crippen LogP contribution < -0.4 is 0 Å². The van der Waals surface area contributed by atoms with Gasteiger partial charge in [0.2, 0.25) is 0 Å². The van der Waals surface area contributed by atoms with Gasteiger partial charge in [0.05, 0.1) is 0 Å². The third-order valence-corrected chi connectivity index (χ3v) is 3.54. The predicted molar refractivity (Wildman–Crippen MR) is 90.6 cm³/mol. The fourth-order valence-electron chi connectivity index (χ4n) is 2.27. The van der Waals surface area contributed by atoms with Crippen LogP contribution in [0, 0.1) is 0 Å². The van der Waals surface area contributed by atoms with Crippen LogP contribution in [0.1, 0.15) is 26.7 Å².